The molecular formula is C53H103NO9. The highest BCUT2D eigenvalue weighted by atomic mass is 16.6. The third-order valence-corrected chi connectivity index (χ3v) is 12.9. The number of hydrogen-bond acceptors (Lipinski definition) is 10. The average Bonchev–Trinajstić information content (AvgIpc) is 3.91. The molecule has 2 aliphatic heterocycles. The van der Waals surface area contributed by atoms with E-state index >= 15 is 0 Å². The number of nitrogens with zero attached hydrogens (tertiary/aromatic N) is 1. The first-order valence-corrected chi connectivity index (χ1v) is 27.1. The Hall–Kier alpha value is -0.850. The number of likely N-dealkylation sites (tertiary alicyclic amines) is 1. The number of carbonyl (C=O) groups excluding carboxylic acids is 1. The highest BCUT2D eigenvalue weighted by Gasteiger charge is 2.41. The summed E-state index contributed by atoms with van der Waals surface area (Å²) in [5, 5.41) is 0. The molecule has 3 unspecified atom stereocenters. The van der Waals surface area contributed by atoms with Crippen molar-refractivity contribution in [2.75, 3.05) is 86.2 Å². The molecule has 2 saturated heterocycles. The SMILES string of the molecule is CCCCCCCCCOCC(CO[C@@H]1[C@@H](OCC(COCCCCCCCCC)OCCCCCCCCC)CO[C@@H]1COC(=O)C1CCN(C)C1)OCCCCCCCCC. The van der Waals surface area contributed by atoms with E-state index in [1.165, 1.54) is 154 Å². The second kappa shape index (κ2) is 42.5. The predicted molar refractivity (Wildman–Crippen MR) is 259 cm³/mol. The van der Waals surface area contributed by atoms with Crippen LogP contribution < -0.4 is 0 Å². The van der Waals surface area contributed by atoms with E-state index in [2.05, 4.69) is 39.6 Å². The fourth-order valence-corrected chi connectivity index (χ4v) is 8.67. The van der Waals surface area contributed by atoms with Crippen molar-refractivity contribution in [1.82, 2.24) is 4.90 Å². The molecule has 2 heterocycles. The van der Waals surface area contributed by atoms with Gasteiger partial charge in [0.2, 0.25) is 0 Å². The molecule has 0 bridgehead atoms. The summed E-state index contributed by atoms with van der Waals surface area (Å²) in [6.07, 6.45) is 34.2. The third-order valence-electron chi connectivity index (χ3n) is 12.9. The highest BCUT2D eigenvalue weighted by Crippen LogP contribution is 2.24. The average molecular weight is 898 g/mol. The van der Waals surface area contributed by atoms with E-state index in [1.54, 1.807) is 0 Å². The fraction of sp³-hybridized carbons (Fsp3) is 0.981. The number of esters is 1. The van der Waals surface area contributed by atoms with E-state index in [0.29, 0.717) is 46.2 Å². The van der Waals surface area contributed by atoms with Crippen molar-refractivity contribution in [2.45, 2.75) is 244 Å². The Balaban J connectivity index is 2.03. The molecule has 2 rings (SSSR count). The second-order valence-corrected chi connectivity index (χ2v) is 19.0. The van der Waals surface area contributed by atoms with Gasteiger partial charge >= 0.3 is 5.97 Å². The Bertz CT molecular complexity index is 990. The summed E-state index contributed by atoms with van der Waals surface area (Å²) in [6.45, 7) is 15.8. The molecule has 0 amide bonds. The van der Waals surface area contributed by atoms with Gasteiger partial charge in [-0.2, -0.15) is 0 Å². The Morgan fingerprint density at radius 1 is 0.540 bits per heavy atom. The van der Waals surface area contributed by atoms with Crippen LogP contribution in [0.4, 0.5) is 0 Å². The van der Waals surface area contributed by atoms with E-state index in [4.69, 9.17) is 37.9 Å². The van der Waals surface area contributed by atoms with Crippen molar-refractivity contribution < 1.29 is 42.7 Å². The lowest BCUT2D eigenvalue weighted by Gasteiger charge is -2.27. The van der Waals surface area contributed by atoms with E-state index < -0.39 is 12.2 Å². The first kappa shape index (κ1) is 58.3. The van der Waals surface area contributed by atoms with Gasteiger partial charge in [0.15, 0.2) is 0 Å². The van der Waals surface area contributed by atoms with Crippen LogP contribution in [-0.4, -0.2) is 128 Å². The van der Waals surface area contributed by atoms with E-state index in [1.807, 2.05) is 0 Å². The summed E-state index contributed by atoms with van der Waals surface area (Å²) in [5.41, 5.74) is 0. The van der Waals surface area contributed by atoms with E-state index in [9.17, 15) is 4.79 Å². The number of hydrogen-bond donors (Lipinski definition) is 0. The molecule has 2 aliphatic rings. The molecule has 0 aromatic heterocycles. The minimum absolute atomic E-state index is 0.101. The zero-order valence-electron chi connectivity index (χ0n) is 42.1. The summed E-state index contributed by atoms with van der Waals surface area (Å²) >= 11 is 0. The van der Waals surface area contributed by atoms with Crippen LogP contribution in [0, 0.1) is 5.92 Å². The highest BCUT2D eigenvalue weighted by molar-refractivity contribution is 5.73. The van der Waals surface area contributed by atoms with Gasteiger partial charge in [-0.15, -0.1) is 0 Å². The third kappa shape index (κ3) is 31.7. The number of unbranched alkanes of at least 4 members (excludes halogenated alkanes) is 24. The Morgan fingerprint density at radius 2 is 0.952 bits per heavy atom. The summed E-state index contributed by atoms with van der Waals surface area (Å²) in [5.74, 6) is -0.256. The molecule has 0 spiro atoms. The van der Waals surface area contributed by atoms with Gasteiger partial charge in [0.1, 0.15) is 37.1 Å². The van der Waals surface area contributed by atoms with Crippen molar-refractivity contribution in [3.63, 3.8) is 0 Å². The van der Waals surface area contributed by atoms with Gasteiger partial charge in [-0.05, 0) is 45.7 Å². The quantitative estimate of drug-likeness (QED) is 0.0434. The molecule has 0 aromatic rings. The number of rotatable bonds is 47. The molecule has 0 radical (unpaired) electrons. The number of carbonyl (C=O) groups is 1. The van der Waals surface area contributed by atoms with Gasteiger partial charge in [-0.25, -0.2) is 0 Å². The minimum atomic E-state index is -0.434. The van der Waals surface area contributed by atoms with Crippen LogP contribution in [0.25, 0.3) is 0 Å². The maximum Gasteiger partial charge on any atom is 0.310 e. The van der Waals surface area contributed by atoms with Crippen LogP contribution in [0.2, 0.25) is 0 Å². The zero-order chi connectivity index (χ0) is 45.3. The minimum Gasteiger partial charge on any atom is -0.463 e. The lowest BCUT2D eigenvalue weighted by molar-refractivity contribution is -0.156. The largest absolute Gasteiger partial charge is 0.463 e. The number of ether oxygens (including phenoxy) is 8. The maximum atomic E-state index is 13.1. The molecule has 63 heavy (non-hydrogen) atoms. The second-order valence-electron chi connectivity index (χ2n) is 19.0. The summed E-state index contributed by atoms with van der Waals surface area (Å²) < 4.78 is 51.0. The fourth-order valence-electron chi connectivity index (χ4n) is 8.67. The molecule has 0 aliphatic carbocycles. The van der Waals surface area contributed by atoms with E-state index in [0.717, 1.165) is 58.4 Å². The molecule has 10 nitrogen and oxygen atoms in total. The van der Waals surface area contributed by atoms with Crippen LogP contribution in [0.1, 0.15) is 214 Å². The monoisotopic (exact) mass is 898 g/mol. The molecule has 0 N–H and O–H groups in total. The first-order valence-electron chi connectivity index (χ1n) is 27.1. The molecular weight excluding hydrogens is 795 g/mol. The van der Waals surface area contributed by atoms with Crippen LogP contribution in [0.15, 0.2) is 0 Å². The van der Waals surface area contributed by atoms with Gasteiger partial charge in [0.05, 0.1) is 39.0 Å². The lowest BCUT2D eigenvalue weighted by atomic mass is 10.1. The van der Waals surface area contributed by atoms with Gasteiger partial charge in [-0.1, -0.05) is 182 Å². The Morgan fingerprint density at radius 3 is 1.38 bits per heavy atom. The van der Waals surface area contributed by atoms with Gasteiger partial charge < -0.3 is 42.8 Å². The van der Waals surface area contributed by atoms with Crippen molar-refractivity contribution in [2.24, 2.45) is 5.92 Å². The summed E-state index contributed by atoms with van der Waals surface area (Å²) in [4.78, 5) is 15.3. The topological polar surface area (TPSA) is 94.2 Å². The normalized spacial score (nSPS) is 20.2. The molecule has 0 saturated carbocycles. The molecule has 6 atom stereocenters. The maximum absolute atomic E-state index is 13.1. The van der Waals surface area contributed by atoms with Gasteiger partial charge in [0, 0.05) is 33.0 Å². The van der Waals surface area contributed by atoms with Crippen LogP contribution in [-0.2, 0) is 42.7 Å². The smallest absolute Gasteiger partial charge is 0.310 e. The van der Waals surface area contributed by atoms with Crippen molar-refractivity contribution in [1.29, 1.82) is 0 Å². The van der Waals surface area contributed by atoms with E-state index in [-0.39, 0.29) is 36.8 Å². The molecule has 10 heteroatoms. The van der Waals surface area contributed by atoms with Crippen molar-refractivity contribution >= 4 is 5.97 Å². The van der Waals surface area contributed by atoms with Crippen LogP contribution in [0.5, 0.6) is 0 Å². The van der Waals surface area contributed by atoms with Crippen LogP contribution in [0.3, 0.4) is 0 Å². The Kier molecular flexibility index (Phi) is 39.3. The lowest BCUT2D eigenvalue weighted by Crippen LogP contribution is -2.42. The molecule has 2 fully saturated rings. The predicted octanol–water partition coefficient (Wildman–Crippen LogP) is 12.5. The van der Waals surface area contributed by atoms with Crippen LogP contribution >= 0.6 is 0 Å². The standard InChI is InChI=1S/C53H103NO9/c1-6-10-14-18-22-26-30-36-56-41-48(58-38-32-28-24-20-16-12-8-3)43-60-50-45-61-51(46-63-53(55)47-34-35-54(5)40-47)52(50)62-44-49(59-39-33-29-25-21-17-13-9-4)42-57-37-31-27-23-19-15-11-7-2/h47-52H,6-46H2,1-5H3/t47?,48?,49?,50-,51+,52+/m0/s1. The summed E-state index contributed by atoms with van der Waals surface area (Å²) in [7, 11) is 2.05. The zero-order valence-corrected chi connectivity index (χ0v) is 42.1. The Labute approximate surface area is 389 Å². The van der Waals surface area contributed by atoms with Crippen molar-refractivity contribution in [3.05, 3.63) is 0 Å². The summed E-state index contributed by atoms with van der Waals surface area (Å²) in [6, 6.07) is 0. The molecule has 0 aromatic carbocycles. The first-order chi connectivity index (χ1) is 31.0. The van der Waals surface area contributed by atoms with Gasteiger partial charge in [0.25, 0.3) is 0 Å². The molecule has 374 valence electrons. The van der Waals surface area contributed by atoms with Gasteiger partial charge in [-0.3, -0.25) is 4.79 Å². The van der Waals surface area contributed by atoms with Crippen molar-refractivity contribution in [3.8, 4) is 0 Å².